The molecule has 0 bridgehead atoms. The molecule has 0 spiro atoms. The number of likely N-dealkylation sites (tertiary alicyclic amines) is 1. The molecule has 2 heterocycles. The Morgan fingerprint density at radius 2 is 2.00 bits per heavy atom. The van der Waals surface area contributed by atoms with Crippen molar-refractivity contribution in [2.75, 3.05) is 25.9 Å². The number of hydrogen-bond donors (Lipinski definition) is 4. The number of anilines is 1. The minimum Gasteiger partial charge on any atom is -0.507 e. The summed E-state index contributed by atoms with van der Waals surface area (Å²) in [6.45, 7) is 0.599. The van der Waals surface area contributed by atoms with Crippen molar-refractivity contribution in [2.45, 2.75) is 18.4 Å². The zero-order valence-electron chi connectivity index (χ0n) is 15.7. The maximum absolute atomic E-state index is 12.8. The zero-order valence-corrected chi connectivity index (χ0v) is 16.5. The second-order valence-electron chi connectivity index (χ2n) is 7.37. The van der Waals surface area contributed by atoms with Crippen LogP contribution in [-0.2, 0) is 0 Å². The molecular formula is C21H21ClN2O5. The lowest BCUT2D eigenvalue weighted by atomic mass is 9.89. The number of nitrogens with two attached hydrogens (primary N) is 1. The molecule has 2 atom stereocenters. The van der Waals surface area contributed by atoms with E-state index in [-0.39, 0.29) is 46.8 Å². The SMILES string of the molecule is CN1CCC(c2c(O)cc(O)c3c(=O)cc(-c4ccc(N)cc4Cl)oc23)C1CO. The largest absolute Gasteiger partial charge is 0.507 e. The number of nitrogens with zero attached hydrogens (tertiary/aromatic N) is 1. The van der Waals surface area contributed by atoms with Crippen LogP contribution in [0.4, 0.5) is 5.69 Å². The van der Waals surface area contributed by atoms with E-state index in [0.717, 1.165) is 6.07 Å². The van der Waals surface area contributed by atoms with Gasteiger partial charge in [0.15, 0.2) is 5.43 Å². The molecule has 1 aromatic heterocycles. The van der Waals surface area contributed by atoms with Crippen LogP contribution < -0.4 is 11.2 Å². The van der Waals surface area contributed by atoms with Crippen molar-refractivity contribution >= 4 is 28.3 Å². The van der Waals surface area contributed by atoms with Crippen molar-refractivity contribution in [1.29, 1.82) is 0 Å². The Kier molecular flexibility index (Phi) is 4.90. The topological polar surface area (TPSA) is 120 Å². The Labute approximate surface area is 171 Å². The lowest BCUT2D eigenvalue weighted by Gasteiger charge is -2.24. The number of halogens is 1. The van der Waals surface area contributed by atoms with Gasteiger partial charge in [-0.2, -0.15) is 0 Å². The minimum atomic E-state index is -0.459. The Balaban J connectivity index is 2.01. The highest BCUT2D eigenvalue weighted by Crippen LogP contribution is 2.44. The summed E-state index contributed by atoms with van der Waals surface area (Å²) in [6.07, 6.45) is 0.658. The molecule has 1 saturated heterocycles. The van der Waals surface area contributed by atoms with E-state index in [4.69, 9.17) is 21.8 Å². The highest BCUT2D eigenvalue weighted by atomic mass is 35.5. The van der Waals surface area contributed by atoms with Gasteiger partial charge in [-0.1, -0.05) is 11.6 Å². The minimum absolute atomic E-state index is 0.0145. The summed E-state index contributed by atoms with van der Waals surface area (Å²) < 4.78 is 6.04. The van der Waals surface area contributed by atoms with Gasteiger partial charge < -0.3 is 30.4 Å². The van der Waals surface area contributed by atoms with Crippen LogP contribution in [0.15, 0.2) is 39.5 Å². The lowest BCUT2D eigenvalue weighted by molar-refractivity contribution is 0.172. The number of fused-ring (bicyclic) bond motifs is 1. The Hall–Kier alpha value is -2.74. The number of phenolic OH excluding ortho intramolecular Hbond substituents is 2. The average molecular weight is 417 g/mol. The first-order chi connectivity index (χ1) is 13.8. The van der Waals surface area contributed by atoms with Crippen molar-refractivity contribution in [3.8, 4) is 22.8 Å². The van der Waals surface area contributed by atoms with Crippen molar-refractivity contribution in [1.82, 2.24) is 4.90 Å². The molecular weight excluding hydrogens is 396 g/mol. The van der Waals surface area contributed by atoms with Crippen LogP contribution in [0.1, 0.15) is 17.9 Å². The summed E-state index contributed by atoms with van der Waals surface area (Å²) in [6, 6.07) is 6.99. The maximum atomic E-state index is 12.8. The van der Waals surface area contributed by atoms with Crippen LogP contribution >= 0.6 is 11.6 Å². The summed E-state index contributed by atoms with van der Waals surface area (Å²) in [4.78, 5) is 14.8. The van der Waals surface area contributed by atoms with Crippen LogP contribution in [0.5, 0.6) is 11.5 Å². The predicted octanol–water partition coefficient (Wildman–Crippen LogP) is 2.89. The zero-order chi connectivity index (χ0) is 20.9. The molecule has 8 heteroatoms. The molecule has 1 aliphatic heterocycles. The molecule has 1 fully saturated rings. The molecule has 7 nitrogen and oxygen atoms in total. The lowest BCUT2D eigenvalue weighted by Crippen LogP contribution is -2.32. The van der Waals surface area contributed by atoms with E-state index in [1.165, 1.54) is 6.07 Å². The van der Waals surface area contributed by atoms with Gasteiger partial charge in [-0.05, 0) is 38.2 Å². The molecule has 152 valence electrons. The Morgan fingerprint density at radius 1 is 1.24 bits per heavy atom. The number of aliphatic hydroxyl groups is 1. The van der Waals surface area contributed by atoms with Crippen molar-refractivity contribution in [2.24, 2.45) is 0 Å². The molecule has 5 N–H and O–H groups in total. The van der Waals surface area contributed by atoms with E-state index in [0.29, 0.717) is 34.8 Å². The third kappa shape index (κ3) is 3.21. The quantitative estimate of drug-likeness (QED) is 0.484. The van der Waals surface area contributed by atoms with E-state index in [1.54, 1.807) is 18.2 Å². The third-order valence-corrected chi connectivity index (χ3v) is 5.95. The van der Waals surface area contributed by atoms with Crippen molar-refractivity contribution in [3.05, 3.63) is 51.1 Å². The number of benzene rings is 2. The van der Waals surface area contributed by atoms with Gasteiger partial charge in [-0.15, -0.1) is 0 Å². The highest BCUT2D eigenvalue weighted by Gasteiger charge is 2.36. The molecule has 0 aliphatic carbocycles. The monoisotopic (exact) mass is 416 g/mol. The van der Waals surface area contributed by atoms with Gasteiger partial charge in [-0.25, -0.2) is 0 Å². The number of likely N-dealkylation sites (N-methyl/N-ethyl adjacent to an activating group) is 1. The van der Waals surface area contributed by atoms with Crippen LogP contribution in [0.2, 0.25) is 5.02 Å². The second-order valence-corrected chi connectivity index (χ2v) is 7.78. The van der Waals surface area contributed by atoms with Crippen LogP contribution in [-0.4, -0.2) is 46.5 Å². The number of phenols is 2. The van der Waals surface area contributed by atoms with E-state index < -0.39 is 5.43 Å². The van der Waals surface area contributed by atoms with E-state index in [9.17, 15) is 20.1 Å². The van der Waals surface area contributed by atoms with Crippen LogP contribution in [0.3, 0.4) is 0 Å². The third-order valence-electron chi connectivity index (χ3n) is 5.64. The fourth-order valence-corrected chi connectivity index (χ4v) is 4.44. The number of aliphatic hydroxyl groups excluding tert-OH is 1. The Bertz CT molecular complexity index is 1160. The first kappa shape index (κ1) is 19.6. The van der Waals surface area contributed by atoms with E-state index >= 15 is 0 Å². The van der Waals surface area contributed by atoms with Gasteiger partial charge in [0.25, 0.3) is 0 Å². The van der Waals surface area contributed by atoms with Crippen LogP contribution in [0, 0.1) is 0 Å². The number of aromatic hydroxyl groups is 2. The smallest absolute Gasteiger partial charge is 0.197 e. The first-order valence-electron chi connectivity index (χ1n) is 9.21. The first-order valence-corrected chi connectivity index (χ1v) is 9.58. The predicted molar refractivity (Wildman–Crippen MR) is 112 cm³/mol. The average Bonchev–Trinajstić information content (AvgIpc) is 3.01. The highest BCUT2D eigenvalue weighted by molar-refractivity contribution is 6.33. The summed E-state index contributed by atoms with van der Waals surface area (Å²) in [5.41, 5.74) is 6.71. The molecule has 2 unspecified atom stereocenters. The van der Waals surface area contributed by atoms with Crippen molar-refractivity contribution in [3.63, 3.8) is 0 Å². The fourth-order valence-electron chi connectivity index (χ4n) is 4.16. The number of hydrogen-bond acceptors (Lipinski definition) is 7. The summed E-state index contributed by atoms with van der Waals surface area (Å²) in [5.74, 6) is -0.617. The fraction of sp³-hybridized carbons (Fsp3) is 0.286. The normalized spacial score (nSPS) is 19.8. The van der Waals surface area contributed by atoms with Gasteiger partial charge in [0.05, 0.1) is 11.6 Å². The molecule has 0 saturated carbocycles. The molecule has 2 aromatic carbocycles. The standard InChI is InChI=1S/C21H21ClN2O5/c1-24-5-4-12(14(24)9-25)19-15(26)7-16(27)20-17(28)8-18(29-21(19)20)11-3-2-10(23)6-13(11)22/h2-3,6-8,12,14,25-27H,4-5,9,23H2,1H3. The molecule has 3 aromatic rings. The Morgan fingerprint density at radius 3 is 2.69 bits per heavy atom. The molecule has 1 aliphatic rings. The van der Waals surface area contributed by atoms with E-state index in [2.05, 4.69) is 0 Å². The summed E-state index contributed by atoms with van der Waals surface area (Å²) in [5, 5.41) is 31.1. The number of nitrogen functional groups attached to an aromatic ring is 1. The van der Waals surface area contributed by atoms with Gasteiger partial charge in [-0.3, -0.25) is 4.79 Å². The van der Waals surface area contributed by atoms with Gasteiger partial charge in [0, 0.05) is 40.9 Å². The van der Waals surface area contributed by atoms with Gasteiger partial charge >= 0.3 is 0 Å². The van der Waals surface area contributed by atoms with Gasteiger partial charge in [0.1, 0.15) is 28.2 Å². The maximum Gasteiger partial charge on any atom is 0.197 e. The second kappa shape index (κ2) is 7.26. The van der Waals surface area contributed by atoms with E-state index in [1.807, 2.05) is 11.9 Å². The molecule has 0 radical (unpaired) electrons. The summed E-state index contributed by atoms with van der Waals surface area (Å²) >= 11 is 6.28. The van der Waals surface area contributed by atoms with Crippen molar-refractivity contribution < 1.29 is 19.7 Å². The van der Waals surface area contributed by atoms with Gasteiger partial charge in [0.2, 0.25) is 0 Å². The number of rotatable bonds is 3. The molecule has 29 heavy (non-hydrogen) atoms. The molecule has 4 rings (SSSR count). The van der Waals surface area contributed by atoms with Crippen LogP contribution in [0.25, 0.3) is 22.3 Å². The summed E-state index contributed by atoms with van der Waals surface area (Å²) in [7, 11) is 1.89. The molecule has 0 amide bonds.